The van der Waals surface area contributed by atoms with E-state index in [0.717, 1.165) is 18.9 Å². The fourth-order valence-corrected chi connectivity index (χ4v) is 3.62. The first-order chi connectivity index (χ1) is 13.7. The molecule has 0 aromatic carbocycles. The Morgan fingerprint density at radius 3 is 2.83 bits per heavy atom. The Morgan fingerprint density at radius 2 is 2.21 bits per heavy atom. The van der Waals surface area contributed by atoms with Crippen molar-refractivity contribution in [1.29, 1.82) is 0 Å². The molecular formula is C19H22FN5O4. The predicted octanol–water partition coefficient (Wildman–Crippen LogP) is 1.50. The van der Waals surface area contributed by atoms with E-state index in [1.165, 1.54) is 13.3 Å². The van der Waals surface area contributed by atoms with E-state index in [1.54, 1.807) is 9.47 Å². The van der Waals surface area contributed by atoms with Gasteiger partial charge in [-0.3, -0.25) is 4.79 Å². The minimum Gasteiger partial charge on any atom is -0.477 e. The van der Waals surface area contributed by atoms with Crippen LogP contribution in [-0.2, 0) is 4.84 Å². The van der Waals surface area contributed by atoms with Gasteiger partial charge in [0.15, 0.2) is 11.6 Å². The van der Waals surface area contributed by atoms with Crippen LogP contribution in [0.15, 0.2) is 22.2 Å². The van der Waals surface area contributed by atoms with Crippen LogP contribution in [0.25, 0.3) is 11.0 Å². The number of nitrogens with zero attached hydrogens (tertiary/aromatic N) is 4. The molecule has 1 unspecified atom stereocenters. The number of aromatic nitrogens is 2. The largest absolute Gasteiger partial charge is 0.477 e. The third-order valence-electron chi connectivity index (χ3n) is 5.51. The molecular weight excluding hydrogens is 381 g/mol. The summed E-state index contributed by atoms with van der Waals surface area (Å²) in [7, 11) is 1.42. The Bertz CT molecular complexity index is 1090. The van der Waals surface area contributed by atoms with Gasteiger partial charge in [0.05, 0.1) is 23.2 Å². The molecule has 2 aromatic heterocycles. The summed E-state index contributed by atoms with van der Waals surface area (Å²) in [6.07, 6.45) is 3.53. The first-order valence-electron chi connectivity index (χ1n) is 9.36. The van der Waals surface area contributed by atoms with Gasteiger partial charge in [0.25, 0.3) is 0 Å². The maximum atomic E-state index is 15.0. The van der Waals surface area contributed by atoms with Crippen molar-refractivity contribution in [2.75, 3.05) is 25.1 Å². The highest BCUT2D eigenvalue weighted by atomic mass is 19.1. The second kappa shape index (κ2) is 6.80. The van der Waals surface area contributed by atoms with E-state index in [4.69, 9.17) is 10.6 Å². The summed E-state index contributed by atoms with van der Waals surface area (Å²) in [5.74, 6) is -1.96. The number of rotatable bonds is 4. The fraction of sp³-hybridized carbons (Fsp3) is 0.474. The maximum Gasteiger partial charge on any atom is 0.341 e. The third kappa shape index (κ3) is 3.33. The number of carboxylic acid groups (broad SMARTS) is 1. The number of fused-ring (bicyclic) bond motifs is 1. The van der Waals surface area contributed by atoms with Gasteiger partial charge in [-0.05, 0) is 32.3 Å². The topological polar surface area (TPSA) is 123 Å². The molecule has 0 amide bonds. The van der Waals surface area contributed by atoms with Gasteiger partial charge in [-0.25, -0.2) is 14.2 Å². The van der Waals surface area contributed by atoms with Crippen molar-refractivity contribution in [1.82, 2.24) is 9.55 Å². The van der Waals surface area contributed by atoms with E-state index >= 15 is 0 Å². The molecule has 4 rings (SSSR count). The molecule has 29 heavy (non-hydrogen) atoms. The second-order valence-corrected chi connectivity index (χ2v) is 7.79. The van der Waals surface area contributed by atoms with Crippen LogP contribution in [0.5, 0.6) is 0 Å². The van der Waals surface area contributed by atoms with Crippen molar-refractivity contribution in [3.63, 3.8) is 0 Å². The molecule has 9 nitrogen and oxygen atoms in total. The lowest BCUT2D eigenvalue weighted by molar-refractivity contribution is 0.0695. The van der Waals surface area contributed by atoms with E-state index in [-0.39, 0.29) is 35.0 Å². The van der Waals surface area contributed by atoms with E-state index in [0.29, 0.717) is 18.7 Å². The van der Waals surface area contributed by atoms with Crippen LogP contribution < -0.4 is 16.1 Å². The van der Waals surface area contributed by atoms with Crippen LogP contribution in [0.3, 0.4) is 0 Å². The maximum absolute atomic E-state index is 15.0. The summed E-state index contributed by atoms with van der Waals surface area (Å²) in [5, 5.41) is 13.3. The number of nitrogens with two attached hydrogens (primary N) is 1. The van der Waals surface area contributed by atoms with Crippen molar-refractivity contribution in [2.24, 2.45) is 10.9 Å². The van der Waals surface area contributed by atoms with Gasteiger partial charge in [0.1, 0.15) is 18.3 Å². The lowest BCUT2D eigenvalue weighted by Gasteiger charge is -2.38. The molecule has 0 radical (unpaired) electrons. The van der Waals surface area contributed by atoms with Crippen molar-refractivity contribution in [3.8, 4) is 0 Å². The first-order valence-corrected chi connectivity index (χ1v) is 9.36. The quantitative estimate of drug-likeness (QED) is 0.742. The molecule has 1 aliphatic heterocycles. The normalized spacial score (nSPS) is 23.6. The Labute approximate surface area is 165 Å². The molecule has 1 saturated carbocycles. The zero-order valence-electron chi connectivity index (χ0n) is 16.2. The Hall–Kier alpha value is -3.01. The highest BCUT2D eigenvalue weighted by Gasteiger charge is 2.35. The number of hydrogen-bond acceptors (Lipinski definition) is 7. The molecule has 0 spiro atoms. The number of oxime groups is 1. The number of anilines is 1. The molecule has 2 fully saturated rings. The van der Waals surface area contributed by atoms with E-state index in [2.05, 4.69) is 10.1 Å². The standard InChI is InChI=1S/C19H22FN5O4/c1-19(21)5-6-24(9-14(19)23-29-2)17-13(20)7-11-15(26)12(18(27)28)8-25(10-3-4-10)16(11)22-17/h7-8,10H,3-6,9,21H2,1-2H3,(H,27,28)/b23-14+. The van der Waals surface area contributed by atoms with Gasteiger partial charge < -0.3 is 25.1 Å². The van der Waals surface area contributed by atoms with E-state index in [9.17, 15) is 19.1 Å². The average Bonchev–Trinajstić information content (AvgIpc) is 3.49. The predicted molar refractivity (Wildman–Crippen MR) is 105 cm³/mol. The third-order valence-corrected chi connectivity index (χ3v) is 5.51. The molecule has 2 aliphatic rings. The van der Waals surface area contributed by atoms with Crippen LogP contribution in [0, 0.1) is 5.82 Å². The molecule has 1 atom stereocenters. The summed E-state index contributed by atoms with van der Waals surface area (Å²) in [6.45, 7) is 2.52. The Balaban J connectivity index is 1.85. The van der Waals surface area contributed by atoms with Crippen molar-refractivity contribution < 1.29 is 19.1 Å². The van der Waals surface area contributed by atoms with Gasteiger partial charge in [-0.1, -0.05) is 5.16 Å². The summed E-state index contributed by atoms with van der Waals surface area (Å²) in [6, 6.07) is 1.13. The number of halogens is 1. The lowest BCUT2D eigenvalue weighted by Crippen LogP contribution is -2.56. The van der Waals surface area contributed by atoms with Crippen molar-refractivity contribution in [3.05, 3.63) is 33.9 Å². The minimum atomic E-state index is -1.34. The van der Waals surface area contributed by atoms with Gasteiger partial charge in [0.2, 0.25) is 5.43 Å². The monoisotopic (exact) mass is 403 g/mol. The highest BCUT2D eigenvalue weighted by molar-refractivity contribution is 5.97. The number of carboxylic acids is 1. The second-order valence-electron chi connectivity index (χ2n) is 7.79. The number of aromatic carboxylic acids is 1. The minimum absolute atomic E-state index is 0.0375. The zero-order valence-corrected chi connectivity index (χ0v) is 16.2. The summed E-state index contributed by atoms with van der Waals surface area (Å²) >= 11 is 0. The summed E-state index contributed by atoms with van der Waals surface area (Å²) < 4.78 is 16.6. The lowest BCUT2D eigenvalue weighted by atomic mass is 9.89. The van der Waals surface area contributed by atoms with Crippen LogP contribution in [-0.4, -0.2) is 52.1 Å². The van der Waals surface area contributed by atoms with Gasteiger partial charge in [-0.2, -0.15) is 0 Å². The zero-order chi connectivity index (χ0) is 20.9. The van der Waals surface area contributed by atoms with Gasteiger partial charge in [-0.15, -0.1) is 0 Å². The van der Waals surface area contributed by atoms with Gasteiger partial charge in [0, 0.05) is 18.8 Å². The average molecular weight is 403 g/mol. The molecule has 1 saturated heterocycles. The van der Waals surface area contributed by atoms with Crippen molar-refractivity contribution in [2.45, 2.75) is 37.8 Å². The van der Waals surface area contributed by atoms with Crippen LogP contribution in [0.1, 0.15) is 42.6 Å². The fourth-order valence-electron chi connectivity index (χ4n) is 3.62. The first kappa shape index (κ1) is 19.3. The van der Waals surface area contributed by atoms with Crippen LogP contribution >= 0.6 is 0 Å². The number of pyridine rings is 2. The smallest absolute Gasteiger partial charge is 0.341 e. The molecule has 1 aliphatic carbocycles. The number of carbonyl (C=O) groups is 1. The van der Waals surface area contributed by atoms with Crippen LogP contribution in [0.2, 0.25) is 0 Å². The van der Waals surface area contributed by atoms with E-state index < -0.39 is 22.8 Å². The van der Waals surface area contributed by atoms with Gasteiger partial charge >= 0.3 is 5.97 Å². The SMILES string of the molecule is CO/N=C1\CN(c2nc3c(cc2F)c(=O)c(C(=O)O)cn3C2CC2)CCC1(C)N. The molecule has 3 heterocycles. The molecule has 0 bridgehead atoms. The Morgan fingerprint density at radius 1 is 1.48 bits per heavy atom. The number of piperidine rings is 1. The van der Waals surface area contributed by atoms with Crippen LogP contribution in [0.4, 0.5) is 10.2 Å². The highest BCUT2D eigenvalue weighted by Crippen LogP contribution is 2.37. The number of hydrogen-bond donors (Lipinski definition) is 2. The van der Waals surface area contributed by atoms with Crippen molar-refractivity contribution >= 4 is 28.5 Å². The molecule has 2 aromatic rings. The molecule has 154 valence electrons. The molecule has 10 heteroatoms. The Kier molecular flexibility index (Phi) is 4.53. The summed E-state index contributed by atoms with van der Waals surface area (Å²) in [4.78, 5) is 35.0. The van der Waals surface area contributed by atoms with E-state index in [1.807, 2.05) is 6.92 Å². The molecule has 3 N–H and O–H groups in total. The summed E-state index contributed by atoms with van der Waals surface area (Å²) in [5.41, 5.74) is 5.31.